The number of aryl methyl sites for hydroxylation is 1. The average molecular weight is 300 g/mol. The van der Waals surface area contributed by atoms with Crippen molar-refractivity contribution in [2.75, 3.05) is 0 Å². The second-order valence-electron chi connectivity index (χ2n) is 6.13. The fraction of sp³-hybridized carbons (Fsp3) is 0.579. The van der Waals surface area contributed by atoms with E-state index < -0.39 is 0 Å². The van der Waals surface area contributed by atoms with Crippen LogP contribution in [0.4, 0.5) is 0 Å². The molecule has 0 fully saturated rings. The molecular formula is C19H28N2O. The van der Waals surface area contributed by atoms with E-state index in [0.29, 0.717) is 0 Å². The summed E-state index contributed by atoms with van der Waals surface area (Å²) in [5, 5.41) is 0. The second kappa shape index (κ2) is 8.72. The van der Waals surface area contributed by atoms with Gasteiger partial charge in [-0.2, -0.15) is 0 Å². The van der Waals surface area contributed by atoms with E-state index in [4.69, 9.17) is 0 Å². The Balaban J connectivity index is 1.86. The quantitative estimate of drug-likeness (QED) is 0.630. The number of hydrogen-bond donors (Lipinski definition) is 0. The predicted molar refractivity (Wildman–Crippen MR) is 92.5 cm³/mol. The van der Waals surface area contributed by atoms with Crippen LogP contribution in [0, 0.1) is 6.92 Å². The molecule has 0 aliphatic heterocycles. The highest BCUT2D eigenvalue weighted by molar-refractivity contribution is 5.40. The normalized spacial score (nSPS) is 11.2. The van der Waals surface area contributed by atoms with Gasteiger partial charge in [0.2, 0.25) is 0 Å². The largest absolute Gasteiger partial charge is 0.269 e. The summed E-state index contributed by atoms with van der Waals surface area (Å²) in [6.45, 7) is 4.20. The molecule has 3 heteroatoms. The van der Waals surface area contributed by atoms with E-state index in [2.05, 4.69) is 11.9 Å². The molecule has 0 saturated heterocycles. The van der Waals surface area contributed by atoms with Crippen LogP contribution in [0.25, 0.3) is 5.65 Å². The SMILES string of the molecule is CCCCCCCCCCc1c(C)nc2ccccn2c1=O. The molecule has 0 aliphatic carbocycles. The van der Waals surface area contributed by atoms with E-state index in [-0.39, 0.29) is 5.56 Å². The van der Waals surface area contributed by atoms with Crippen LogP contribution in [0.3, 0.4) is 0 Å². The van der Waals surface area contributed by atoms with Crippen LogP contribution in [0.5, 0.6) is 0 Å². The molecule has 0 unspecified atom stereocenters. The zero-order chi connectivity index (χ0) is 15.8. The number of fused-ring (bicyclic) bond motifs is 1. The molecule has 0 atom stereocenters. The van der Waals surface area contributed by atoms with Crippen molar-refractivity contribution >= 4 is 5.65 Å². The summed E-state index contributed by atoms with van der Waals surface area (Å²) in [7, 11) is 0. The van der Waals surface area contributed by atoms with Crippen molar-refractivity contribution in [1.82, 2.24) is 9.38 Å². The highest BCUT2D eigenvalue weighted by atomic mass is 16.1. The average Bonchev–Trinajstić information content (AvgIpc) is 2.52. The molecular weight excluding hydrogens is 272 g/mol. The maximum Gasteiger partial charge on any atom is 0.261 e. The van der Waals surface area contributed by atoms with Crippen LogP contribution in [-0.4, -0.2) is 9.38 Å². The van der Waals surface area contributed by atoms with Gasteiger partial charge in [0, 0.05) is 17.5 Å². The summed E-state index contributed by atoms with van der Waals surface area (Å²) in [6.07, 6.45) is 13.0. The van der Waals surface area contributed by atoms with Crippen LogP contribution >= 0.6 is 0 Å². The molecule has 2 rings (SSSR count). The lowest BCUT2D eigenvalue weighted by molar-refractivity contribution is 0.574. The minimum atomic E-state index is 0.103. The van der Waals surface area contributed by atoms with Crippen LogP contribution < -0.4 is 5.56 Å². The zero-order valence-electron chi connectivity index (χ0n) is 14.0. The Hall–Kier alpha value is -1.64. The van der Waals surface area contributed by atoms with Crippen molar-refractivity contribution < 1.29 is 0 Å². The first-order valence-corrected chi connectivity index (χ1v) is 8.71. The monoisotopic (exact) mass is 300 g/mol. The predicted octanol–water partition coefficient (Wildman–Crippen LogP) is 4.69. The molecule has 22 heavy (non-hydrogen) atoms. The van der Waals surface area contributed by atoms with Crippen molar-refractivity contribution in [3.05, 3.63) is 46.0 Å². The topological polar surface area (TPSA) is 34.4 Å². The number of aromatic nitrogens is 2. The lowest BCUT2D eigenvalue weighted by Gasteiger charge is -2.07. The Labute approximate surface area is 133 Å². The minimum Gasteiger partial charge on any atom is -0.269 e. The summed E-state index contributed by atoms with van der Waals surface area (Å²) in [5.74, 6) is 0. The van der Waals surface area contributed by atoms with Gasteiger partial charge in [-0.05, 0) is 31.9 Å². The highest BCUT2D eigenvalue weighted by Crippen LogP contribution is 2.11. The summed E-state index contributed by atoms with van der Waals surface area (Å²) in [4.78, 5) is 17.1. The number of rotatable bonds is 9. The summed E-state index contributed by atoms with van der Waals surface area (Å²) in [6, 6.07) is 5.68. The lowest BCUT2D eigenvalue weighted by atomic mass is 10.0. The lowest BCUT2D eigenvalue weighted by Crippen LogP contribution is -2.21. The maximum atomic E-state index is 12.5. The fourth-order valence-corrected chi connectivity index (χ4v) is 2.96. The molecule has 2 aromatic rings. The molecule has 0 aliphatic rings. The summed E-state index contributed by atoms with van der Waals surface area (Å²) < 4.78 is 1.66. The second-order valence-corrected chi connectivity index (χ2v) is 6.13. The Bertz CT molecular complexity index is 645. The number of unbranched alkanes of at least 4 members (excludes halogenated alkanes) is 7. The summed E-state index contributed by atoms with van der Waals surface area (Å²) in [5.41, 5.74) is 2.62. The van der Waals surface area contributed by atoms with Gasteiger partial charge in [0.05, 0.1) is 0 Å². The van der Waals surface area contributed by atoms with E-state index in [1.807, 2.05) is 25.1 Å². The molecule has 120 valence electrons. The third kappa shape index (κ3) is 4.43. The fourth-order valence-electron chi connectivity index (χ4n) is 2.96. The first-order valence-electron chi connectivity index (χ1n) is 8.71. The Morgan fingerprint density at radius 1 is 1.00 bits per heavy atom. The first kappa shape index (κ1) is 16.7. The standard InChI is InChI=1S/C19H28N2O/c1-3-4-5-6-7-8-9-10-13-17-16(2)20-18-14-11-12-15-21(18)19(17)22/h11-12,14-15H,3-10,13H2,1-2H3. The molecule has 0 saturated carbocycles. The van der Waals surface area contributed by atoms with Crippen LogP contribution in [-0.2, 0) is 6.42 Å². The molecule has 0 radical (unpaired) electrons. The van der Waals surface area contributed by atoms with Crippen molar-refractivity contribution in [3.8, 4) is 0 Å². The van der Waals surface area contributed by atoms with Crippen LogP contribution in [0.2, 0.25) is 0 Å². The van der Waals surface area contributed by atoms with Gasteiger partial charge in [-0.1, -0.05) is 57.9 Å². The van der Waals surface area contributed by atoms with E-state index in [9.17, 15) is 4.79 Å². The van der Waals surface area contributed by atoms with Crippen molar-refractivity contribution in [2.24, 2.45) is 0 Å². The van der Waals surface area contributed by atoms with Crippen molar-refractivity contribution in [2.45, 2.75) is 71.6 Å². The van der Waals surface area contributed by atoms with Gasteiger partial charge in [-0.3, -0.25) is 9.20 Å². The van der Waals surface area contributed by atoms with Gasteiger partial charge < -0.3 is 0 Å². The zero-order valence-corrected chi connectivity index (χ0v) is 14.0. The van der Waals surface area contributed by atoms with Gasteiger partial charge in [-0.25, -0.2) is 4.98 Å². The third-order valence-corrected chi connectivity index (χ3v) is 4.31. The van der Waals surface area contributed by atoms with E-state index >= 15 is 0 Å². The van der Waals surface area contributed by atoms with E-state index in [1.165, 1.54) is 44.9 Å². The van der Waals surface area contributed by atoms with Gasteiger partial charge >= 0.3 is 0 Å². The van der Waals surface area contributed by atoms with Crippen LogP contribution in [0.1, 0.15) is 69.5 Å². The molecule has 0 aromatic carbocycles. The molecule has 2 aromatic heterocycles. The van der Waals surface area contributed by atoms with E-state index in [0.717, 1.165) is 29.7 Å². The smallest absolute Gasteiger partial charge is 0.261 e. The van der Waals surface area contributed by atoms with Crippen LogP contribution in [0.15, 0.2) is 29.2 Å². The molecule has 2 heterocycles. The van der Waals surface area contributed by atoms with Gasteiger partial charge in [0.15, 0.2) is 0 Å². The summed E-state index contributed by atoms with van der Waals surface area (Å²) >= 11 is 0. The molecule has 0 bridgehead atoms. The number of hydrogen-bond acceptors (Lipinski definition) is 2. The Kier molecular flexibility index (Phi) is 6.63. The Morgan fingerprint density at radius 2 is 1.68 bits per heavy atom. The number of nitrogens with zero attached hydrogens (tertiary/aromatic N) is 2. The van der Waals surface area contributed by atoms with Gasteiger partial charge in [0.1, 0.15) is 5.65 Å². The molecule has 0 amide bonds. The van der Waals surface area contributed by atoms with Crippen molar-refractivity contribution in [1.29, 1.82) is 0 Å². The Morgan fingerprint density at radius 3 is 2.41 bits per heavy atom. The van der Waals surface area contributed by atoms with Crippen molar-refractivity contribution in [3.63, 3.8) is 0 Å². The molecule has 0 N–H and O–H groups in total. The first-order chi connectivity index (χ1) is 10.7. The highest BCUT2D eigenvalue weighted by Gasteiger charge is 2.08. The molecule has 0 spiro atoms. The van der Waals surface area contributed by atoms with Gasteiger partial charge in [0.25, 0.3) is 5.56 Å². The molecule has 3 nitrogen and oxygen atoms in total. The number of pyridine rings is 1. The van der Waals surface area contributed by atoms with Gasteiger partial charge in [-0.15, -0.1) is 0 Å². The van der Waals surface area contributed by atoms with E-state index in [1.54, 1.807) is 10.6 Å². The minimum absolute atomic E-state index is 0.103. The third-order valence-electron chi connectivity index (χ3n) is 4.31. The maximum absolute atomic E-state index is 12.5.